The Bertz CT molecular complexity index is 850. The van der Waals surface area contributed by atoms with Crippen molar-refractivity contribution < 1.29 is 4.79 Å². The summed E-state index contributed by atoms with van der Waals surface area (Å²) < 4.78 is 2.03. The lowest BCUT2D eigenvalue weighted by Gasteiger charge is -2.35. The van der Waals surface area contributed by atoms with Crippen molar-refractivity contribution >= 4 is 11.6 Å². The number of likely N-dealkylation sites (N-methyl/N-ethyl adjacent to an activating group) is 1. The Morgan fingerprint density at radius 3 is 2.73 bits per heavy atom. The summed E-state index contributed by atoms with van der Waals surface area (Å²) in [6, 6.07) is 8.22. The summed E-state index contributed by atoms with van der Waals surface area (Å²) in [4.78, 5) is 24.0. The van der Waals surface area contributed by atoms with Crippen LogP contribution < -0.4 is 4.90 Å². The molecule has 2 heterocycles. The van der Waals surface area contributed by atoms with E-state index in [1.54, 1.807) is 6.20 Å². The lowest BCUT2D eigenvalue weighted by atomic mass is 10.1. The van der Waals surface area contributed by atoms with E-state index in [0.29, 0.717) is 6.54 Å². The Balaban J connectivity index is 1.80. The molecule has 0 saturated carbocycles. The molecule has 1 aromatic carbocycles. The van der Waals surface area contributed by atoms with E-state index in [4.69, 9.17) is 0 Å². The maximum absolute atomic E-state index is 13.4. The van der Waals surface area contributed by atoms with Crippen LogP contribution in [0.4, 0.5) is 5.69 Å². The van der Waals surface area contributed by atoms with Crippen molar-refractivity contribution in [2.75, 3.05) is 44.7 Å². The van der Waals surface area contributed by atoms with Crippen LogP contribution in [0.25, 0.3) is 0 Å². The van der Waals surface area contributed by atoms with Gasteiger partial charge in [-0.25, -0.2) is 4.98 Å². The highest BCUT2D eigenvalue weighted by Crippen LogP contribution is 2.21. The van der Waals surface area contributed by atoms with Gasteiger partial charge in [0.1, 0.15) is 0 Å². The molecule has 0 radical (unpaired) electrons. The second-order valence-electron chi connectivity index (χ2n) is 7.90. The summed E-state index contributed by atoms with van der Waals surface area (Å²) in [5.74, 6) is 0.136. The third-order valence-electron chi connectivity index (χ3n) is 5.44. The molecule has 1 fully saturated rings. The van der Waals surface area contributed by atoms with Gasteiger partial charge in [-0.15, -0.1) is 0 Å². The molecule has 160 valence electrons. The molecule has 0 spiro atoms. The first-order valence-corrected chi connectivity index (χ1v) is 10.6. The molecule has 1 amide bonds. The van der Waals surface area contributed by atoms with Gasteiger partial charge in [0, 0.05) is 50.8 Å². The molecule has 0 N–H and O–H groups in total. The summed E-state index contributed by atoms with van der Waals surface area (Å²) in [6.07, 6.45) is 13.6. The maximum atomic E-state index is 13.4. The number of piperazine rings is 1. The van der Waals surface area contributed by atoms with Crippen molar-refractivity contribution in [3.05, 3.63) is 72.9 Å². The largest absolute Gasteiger partial charge is 0.333 e. The second-order valence-corrected chi connectivity index (χ2v) is 7.90. The number of imidazole rings is 1. The highest BCUT2D eigenvalue weighted by Gasteiger charge is 2.24. The van der Waals surface area contributed by atoms with Crippen LogP contribution in [-0.4, -0.2) is 71.1 Å². The van der Waals surface area contributed by atoms with Gasteiger partial charge in [-0.3, -0.25) is 9.69 Å². The lowest BCUT2D eigenvalue weighted by molar-refractivity contribution is -0.120. The van der Waals surface area contributed by atoms with Gasteiger partial charge >= 0.3 is 0 Å². The number of hydrogen-bond donors (Lipinski definition) is 0. The number of rotatable bonds is 8. The standard InChI is InChI=1S/C24H33N5O/c1-4-5-6-8-21(2)29(24(30)19-27-15-13-26(3)14-16-27)23-10-7-9-22(17-23)18-28-12-11-25-20-28/h4-12,17,20-21H,13-16,18-19H2,1-3H3/b5-4-,8-6-. The molecular formula is C24H33N5O. The Morgan fingerprint density at radius 2 is 2.03 bits per heavy atom. The summed E-state index contributed by atoms with van der Waals surface area (Å²) in [7, 11) is 2.13. The van der Waals surface area contributed by atoms with Crippen LogP contribution in [0.1, 0.15) is 19.4 Å². The van der Waals surface area contributed by atoms with Gasteiger partial charge in [-0.1, -0.05) is 36.4 Å². The number of benzene rings is 1. The molecule has 6 nitrogen and oxygen atoms in total. The van der Waals surface area contributed by atoms with E-state index in [1.807, 2.05) is 59.3 Å². The van der Waals surface area contributed by atoms with Crippen LogP contribution >= 0.6 is 0 Å². The number of aromatic nitrogens is 2. The monoisotopic (exact) mass is 407 g/mol. The smallest absolute Gasteiger partial charge is 0.241 e. The summed E-state index contributed by atoms with van der Waals surface area (Å²) >= 11 is 0. The summed E-state index contributed by atoms with van der Waals surface area (Å²) in [5, 5.41) is 0. The quantitative estimate of drug-likeness (QED) is 0.631. The van der Waals surface area contributed by atoms with Crippen molar-refractivity contribution in [3.63, 3.8) is 0 Å². The first kappa shape index (κ1) is 22.0. The fourth-order valence-electron chi connectivity index (χ4n) is 3.70. The average molecular weight is 408 g/mol. The number of carbonyl (C=O) groups excluding carboxylic acids is 1. The van der Waals surface area contributed by atoms with Crippen molar-refractivity contribution in [1.29, 1.82) is 0 Å². The van der Waals surface area contributed by atoms with E-state index >= 15 is 0 Å². The number of carbonyl (C=O) groups is 1. The van der Waals surface area contributed by atoms with E-state index in [0.717, 1.165) is 44.0 Å². The van der Waals surface area contributed by atoms with Gasteiger partial charge in [0.15, 0.2) is 0 Å². The fourth-order valence-corrected chi connectivity index (χ4v) is 3.70. The Morgan fingerprint density at radius 1 is 1.23 bits per heavy atom. The van der Waals surface area contributed by atoms with Crippen molar-refractivity contribution in [2.45, 2.75) is 26.4 Å². The number of amides is 1. The number of hydrogen-bond acceptors (Lipinski definition) is 4. The zero-order valence-corrected chi connectivity index (χ0v) is 18.3. The van der Waals surface area contributed by atoms with Gasteiger partial charge in [0.2, 0.25) is 5.91 Å². The van der Waals surface area contributed by atoms with E-state index in [2.05, 4.69) is 47.0 Å². The van der Waals surface area contributed by atoms with Crippen LogP contribution in [0.3, 0.4) is 0 Å². The molecule has 1 unspecified atom stereocenters. The van der Waals surface area contributed by atoms with Crippen molar-refractivity contribution in [1.82, 2.24) is 19.4 Å². The number of allylic oxidation sites excluding steroid dienone is 3. The van der Waals surface area contributed by atoms with E-state index < -0.39 is 0 Å². The van der Waals surface area contributed by atoms with Crippen LogP contribution in [0.5, 0.6) is 0 Å². The molecule has 0 aliphatic carbocycles. The Kier molecular flexibility index (Phi) is 7.99. The zero-order valence-electron chi connectivity index (χ0n) is 18.3. The van der Waals surface area contributed by atoms with Crippen LogP contribution in [0.15, 0.2) is 67.3 Å². The van der Waals surface area contributed by atoms with Crippen LogP contribution in [0.2, 0.25) is 0 Å². The van der Waals surface area contributed by atoms with Gasteiger partial charge in [0.25, 0.3) is 0 Å². The summed E-state index contributed by atoms with van der Waals surface area (Å²) in [6.45, 7) is 9.11. The molecule has 6 heteroatoms. The van der Waals surface area contributed by atoms with Gasteiger partial charge in [0.05, 0.1) is 18.9 Å². The number of nitrogens with zero attached hydrogens (tertiary/aromatic N) is 5. The predicted octanol–water partition coefficient (Wildman–Crippen LogP) is 3.03. The molecule has 1 aromatic heterocycles. The van der Waals surface area contributed by atoms with E-state index in [1.165, 1.54) is 0 Å². The molecular weight excluding hydrogens is 374 g/mol. The zero-order chi connectivity index (χ0) is 21.3. The minimum atomic E-state index is -0.0374. The average Bonchev–Trinajstić information content (AvgIpc) is 3.23. The highest BCUT2D eigenvalue weighted by molar-refractivity contribution is 5.95. The van der Waals surface area contributed by atoms with Gasteiger partial charge in [-0.2, -0.15) is 0 Å². The number of anilines is 1. The Labute approximate surface area is 180 Å². The first-order chi connectivity index (χ1) is 14.6. The van der Waals surface area contributed by atoms with Crippen molar-refractivity contribution in [3.8, 4) is 0 Å². The van der Waals surface area contributed by atoms with E-state index in [9.17, 15) is 4.79 Å². The molecule has 30 heavy (non-hydrogen) atoms. The first-order valence-electron chi connectivity index (χ1n) is 10.6. The minimum Gasteiger partial charge on any atom is -0.333 e. The third kappa shape index (κ3) is 6.15. The van der Waals surface area contributed by atoms with Gasteiger partial charge in [-0.05, 0) is 38.6 Å². The van der Waals surface area contributed by atoms with Crippen LogP contribution in [-0.2, 0) is 11.3 Å². The molecule has 0 bridgehead atoms. The second kappa shape index (κ2) is 10.9. The predicted molar refractivity (Wildman–Crippen MR) is 123 cm³/mol. The topological polar surface area (TPSA) is 44.6 Å². The Hall–Kier alpha value is -2.70. The molecule has 3 rings (SSSR count). The highest BCUT2D eigenvalue weighted by atomic mass is 16.2. The summed E-state index contributed by atoms with van der Waals surface area (Å²) in [5.41, 5.74) is 2.08. The molecule has 1 aliphatic rings. The normalized spacial score (nSPS) is 17.0. The van der Waals surface area contributed by atoms with Gasteiger partial charge < -0.3 is 14.4 Å². The molecule has 1 saturated heterocycles. The fraction of sp³-hybridized carbons (Fsp3) is 0.417. The minimum absolute atomic E-state index is 0.0374. The van der Waals surface area contributed by atoms with E-state index in [-0.39, 0.29) is 11.9 Å². The lowest BCUT2D eigenvalue weighted by Crippen LogP contribution is -2.50. The van der Waals surface area contributed by atoms with Crippen LogP contribution in [0, 0.1) is 0 Å². The molecule has 1 aliphatic heterocycles. The molecule has 2 aromatic rings. The van der Waals surface area contributed by atoms with Crippen molar-refractivity contribution in [2.24, 2.45) is 0 Å². The SMILES string of the molecule is C/C=C\C=C/C(C)N(C(=O)CN1CCN(C)CC1)c1cccc(Cn2ccnc2)c1. The molecule has 1 atom stereocenters. The third-order valence-corrected chi connectivity index (χ3v) is 5.44. The maximum Gasteiger partial charge on any atom is 0.241 e.